The van der Waals surface area contributed by atoms with E-state index in [2.05, 4.69) is 54.7 Å². The number of amides is 1. The van der Waals surface area contributed by atoms with Gasteiger partial charge in [0.1, 0.15) is 5.78 Å². The summed E-state index contributed by atoms with van der Waals surface area (Å²) in [5.74, 6) is 2.16. The number of nitrogens with one attached hydrogen (secondary N) is 1. The average molecular weight is 484 g/mol. The molecule has 36 heavy (non-hydrogen) atoms. The largest absolute Gasteiger partial charge is 0.454 e. The zero-order valence-corrected chi connectivity index (χ0v) is 21.2. The first kappa shape index (κ1) is 24.1. The first-order valence-electron chi connectivity index (χ1n) is 12.7. The highest BCUT2D eigenvalue weighted by Crippen LogP contribution is 2.51. The fourth-order valence-corrected chi connectivity index (χ4v) is 4.94. The van der Waals surface area contributed by atoms with Gasteiger partial charge in [-0.05, 0) is 71.2 Å². The van der Waals surface area contributed by atoms with Crippen LogP contribution < -0.4 is 14.8 Å². The molecule has 0 atom stereocenters. The van der Waals surface area contributed by atoms with Crippen molar-refractivity contribution in [1.29, 1.82) is 0 Å². The second-order valence-corrected chi connectivity index (χ2v) is 10.5. The van der Waals surface area contributed by atoms with Crippen LogP contribution in [0.3, 0.4) is 0 Å². The molecule has 1 amide bonds. The molecular weight excluding hydrogens is 450 g/mol. The molecule has 3 aromatic carbocycles. The summed E-state index contributed by atoms with van der Waals surface area (Å²) in [5, 5.41) is 2.99. The molecule has 0 bridgehead atoms. The van der Waals surface area contributed by atoms with E-state index >= 15 is 0 Å². The van der Waals surface area contributed by atoms with E-state index < -0.39 is 5.41 Å². The lowest BCUT2D eigenvalue weighted by Gasteiger charge is -2.16. The van der Waals surface area contributed by atoms with Gasteiger partial charge in [-0.15, -0.1) is 0 Å². The van der Waals surface area contributed by atoms with Crippen LogP contribution in [0.2, 0.25) is 0 Å². The Morgan fingerprint density at radius 1 is 0.917 bits per heavy atom. The summed E-state index contributed by atoms with van der Waals surface area (Å²) in [6.07, 6.45) is 2.69. The molecule has 1 heterocycles. The monoisotopic (exact) mass is 483 g/mol. The van der Waals surface area contributed by atoms with E-state index in [-0.39, 0.29) is 18.5 Å². The Morgan fingerprint density at radius 2 is 1.64 bits per heavy atom. The fourth-order valence-electron chi connectivity index (χ4n) is 4.94. The summed E-state index contributed by atoms with van der Waals surface area (Å²) in [7, 11) is 0. The van der Waals surface area contributed by atoms with Crippen molar-refractivity contribution in [3.05, 3.63) is 82.9 Å². The van der Waals surface area contributed by atoms with Crippen molar-refractivity contribution in [2.24, 2.45) is 5.92 Å². The Hall–Kier alpha value is -3.60. The normalized spacial score (nSPS) is 15.1. The lowest BCUT2D eigenvalue weighted by molar-refractivity contribution is -0.122. The molecule has 0 radical (unpaired) electrons. The number of benzene rings is 3. The van der Waals surface area contributed by atoms with Gasteiger partial charge < -0.3 is 14.8 Å². The predicted molar refractivity (Wildman–Crippen MR) is 140 cm³/mol. The van der Waals surface area contributed by atoms with Crippen molar-refractivity contribution in [3.8, 4) is 22.6 Å². The molecule has 0 spiro atoms. The molecule has 0 aromatic heterocycles. The van der Waals surface area contributed by atoms with E-state index in [1.165, 1.54) is 5.56 Å². The number of fused-ring (bicyclic) bond motifs is 1. The average Bonchev–Trinajstić information content (AvgIpc) is 3.54. The van der Waals surface area contributed by atoms with Crippen molar-refractivity contribution >= 4 is 11.7 Å². The van der Waals surface area contributed by atoms with E-state index in [1.807, 2.05) is 32.0 Å². The molecule has 186 valence electrons. The molecule has 3 aromatic rings. The first-order chi connectivity index (χ1) is 17.3. The number of carbonyl (C=O) groups is 2. The quantitative estimate of drug-likeness (QED) is 0.412. The number of ketones is 1. The second kappa shape index (κ2) is 9.81. The maximum absolute atomic E-state index is 13.5. The van der Waals surface area contributed by atoms with Crippen molar-refractivity contribution in [2.75, 3.05) is 6.79 Å². The van der Waals surface area contributed by atoms with Crippen LogP contribution in [-0.4, -0.2) is 18.5 Å². The van der Waals surface area contributed by atoms with Gasteiger partial charge in [-0.1, -0.05) is 62.4 Å². The Balaban J connectivity index is 1.28. The Morgan fingerprint density at radius 3 is 2.36 bits per heavy atom. The van der Waals surface area contributed by atoms with Crippen LogP contribution in [-0.2, 0) is 28.0 Å². The third-order valence-electron chi connectivity index (χ3n) is 7.22. The van der Waals surface area contributed by atoms with E-state index in [1.54, 1.807) is 0 Å². The fraction of sp³-hybridized carbons (Fsp3) is 0.355. The molecule has 0 unspecified atom stereocenters. The Labute approximate surface area is 212 Å². The van der Waals surface area contributed by atoms with Crippen LogP contribution in [0.1, 0.15) is 55.4 Å². The number of hydrogen-bond acceptors (Lipinski definition) is 4. The molecule has 1 fully saturated rings. The van der Waals surface area contributed by atoms with Gasteiger partial charge in [-0.2, -0.15) is 0 Å². The lowest BCUT2D eigenvalue weighted by atomic mass is 9.87. The maximum atomic E-state index is 13.5. The van der Waals surface area contributed by atoms with Crippen molar-refractivity contribution < 1.29 is 19.1 Å². The van der Waals surface area contributed by atoms with Gasteiger partial charge in [0.15, 0.2) is 11.5 Å². The van der Waals surface area contributed by atoms with E-state index in [4.69, 9.17) is 9.47 Å². The highest BCUT2D eigenvalue weighted by Gasteiger charge is 2.50. The number of aryl methyl sites for hydroxylation is 1. The summed E-state index contributed by atoms with van der Waals surface area (Å²) in [5.41, 5.74) is 6.12. The van der Waals surface area contributed by atoms with Crippen LogP contribution in [0.5, 0.6) is 11.5 Å². The molecule has 2 aliphatic rings. The van der Waals surface area contributed by atoms with Crippen LogP contribution in [0.25, 0.3) is 11.1 Å². The summed E-state index contributed by atoms with van der Waals surface area (Å²) < 4.78 is 11.0. The SMILES string of the molecule is Cc1ccc(CC(=O)C2(c3ccc4c(c3)OCO4)CC2)cc1-c1ccc(CNC(=O)CC(C)C)cc1. The summed E-state index contributed by atoms with van der Waals surface area (Å²) in [4.78, 5) is 25.4. The molecule has 5 heteroatoms. The van der Waals surface area contributed by atoms with Gasteiger partial charge in [0.05, 0.1) is 5.41 Å². The molecule has 5 nitrogen and oxygen atoms in total. The Kier molecular flexibility index (Phi) is 6.57. The third kappa shape index (κ3) is 5.01. The van der Waals surface area contributed by atoms with E-state index in [0.29, 0.717) is 25.3 Å². The minimum atomic E-state index is -0.409. The van der Waals surface area contributed by atoms with Gasteiger partial charge in [-0.25, -0.2) is 0 Å². The first-order valence-corrected chi connectivity index (χ1v) is 12.7. The second-order valence-electron chi connectivity index (χ2n) is 10.5. The zero-order chi connectivity index (χ0) is 25.3. The number of hydrogen-bond donors (Lipinski definition) is 1. The lowest BCUT2D eigenvalue weighted by Crippen LogP contribution is -2.23. The van der Waals surface area contributed by atoms with Gasteiger partial charge in [-0.3, -0.25) is 9.59 Å². The molecule has 1 aliphatic heterocycles. The van der Waals surface area contributed by atoms with Gasteiger partial charge in [0.2, 0.25) is 12.7 Å². The number of ether oxygens (including phenoxy) is 2. The molecular formula is C31H33NO4. The Bertz CT molecular complexity index is 1290. The molecule has 0 saturated heterocycles. The summed E-state index contributed by atoms with van der Waals surface area (Å²) in [6.45, 7) is 6.94. The van der Waals surface area contributed by atoms with Crippen LogP contribution in [0.4, 0.5) is 0 Å². The van der Waals surface area contributed by atoms with Crippen molar-refractivity contribution in [1.82, 2.24) is 5.32 Å². The maximum Gasteiger partial charge on any atom is 0.231 e. The smallest absolute Gasteiger partial charge is 0.231 e. The van der Waals surface area contributed by atoms with Gasteiger partial charge >= 0.3 is 0 Å². The van der Waals surface area contributed by atoms with E-state index in [0.717, 1.165) is 52.2 Å². The topological polar surface area (TPSA) is 64.6 Å². The minimum Gasteiger partial charge on any atom is -0.454 e. The summed E-state index contributed by atoms with van der Waals surface area (Å²) in [6, 6.07) is 20.5. The minimum absolute atomic E-state index is 0.0801. The van der Waals surface area contributed by atoms with Crippen molar-refractivity contribution in [3.63, 3.8) is 0 Å². The molecule has 1 saturated carbocycles. The molecule has 1 aliphatic carbocycles. The van der Waals surface area contributed by atoms with Crippen LogP contribution >= 0.6 is 0 Å². The van der Waals surface area contributed by atoms with Gasteiger partial charge in [0, 0.05) is 19.4 Å². The van der Waals surface area contributed by atoms with Crippen molar-refractivity contribution in [2.45, 2.75) is 58.4 Å². The number of Topliss-reactive ketones (excluding diaryl/α,β-unsaturated/α-hetero) is 1. The highest BCUT2D eigenvalue weighted by molar-refractivity contribution is 5.95. The molecule has 1 N–H and O–H groups in total. The number of carbonyl (C=O) groups excluding carboxylic acids is 2. The zero-order valence-electron chi connectivity index (χ0n) is 21.2. The van der Waals surface area contributed by atoms with Gasteiger partial charge in [0.25, 0.3) is 0 Å². The third-order valence-corrected chi connectivity index (χ3v) is 7.22. The highest BCUT2D eigenvalue weighted by atomic mass is 16.7. The van der Waals surface area contributed by atoms with E-state index in [9.17, 15) is 9.59 Å². The molecule has 5 rings (SSSR count). The predicted octanol–water partition coefficient (Wildman–Crippen LogP) is 5.90. The standard InChI is InChI=1S/C31H33NO4/c1-20(2)14-30(34)32-18-22-6-8-24(9-7-22)26-15-23(5-4-21(26)3)16-29(33)31(12-13-31)25-10-11-27-28(17-25)36-19-35-27/h4-11,15,17,20H,12-14,16,18-19H2,1-3H3,(H,32,34). The summed E-state index contributed by atoms with van der Waals surface area (Å²) >= 11 is 0. The number of rotatable bonds is 9. The van der Waals surface area contributed by atoms with Crippen LogP contribution in [0.15, 0.2) is 60.7 Å². The van der Waals surface area contributed by atoms with Crippen LogP contribution in [0, 0.1) is 12.8 Å².